The SMILES string of the molecule is Cc1ccc(Cl)c(OC(=O)c2cccc(S(=O)(=O)N3CCN(C)CC3)c2)c1. The van der Waals surface area contributed by atoms with E-state index in [4.69, 9.17) is 16.3 Å². The van der Waals surface area contributed by atoms with Crippen molar-refractivity contribution in [1.29, 1.82) is 0 Å². The lowest BCUT2D eigenvalue weighted by molar-refractivity contribution is 0.0734. The van der Waals surface area contributed by atoms with Crippen LogP contribution in [0, 0.1) is 6.92 Å². The molecule has 0 amide bonds. The van der Waals surface area contributed by atoms with Crippen LogP contribution in [0.2, 0.25) is 5.02 Å². The van der Waals surface area contributed by atoms with Gasteiger partial charge in [-0.2, -0.15) is 4.31 Å². The first kappa shape index (κ1) is 19.8. The topological polar surface area (TPSA) is 66.9 Å². The molecule has 8 heteroatoms. The zero-order valence-electron chi connectivity index (χ0n) is 15.2. The molecule has 27 heavy (non-hydrogen) atoms. The van der Waals surface area contributed by atoms with E-state index in [-0.39, 0.29) is 16.2 Å². The van der Waals surface area contributed by atoms with Gasteiger partial charge in [-0.25, -0.2) is 13.2 Å². The zero-order valence-corrected chi connectivity index (χ0v) is 16.8. The van der Waals surface area contributed by atoms with Gasteiger partial charge in [0.2, 0.25) is 10.0 Å². The van der Waals surface area contributed by atoms with Gasteiger partial charge in [-0.15, -0.1) is 0 Å². The van der Waals surface area contributed by atoms with E-state index >= 15 is 0 Å². The number of rotatable bonds is 4. The van der Waals surface area contributed by atoms with Gasteiger partial charge >= 0.3 is 5.97 Å². The Morgan fingerprint density at radius 2 is 1.78 bits per heavy atom. The molecule has 0 aliphatic carbocycles. The van der Waals surface area contributed by atoms with Crippen LogP contribution < -0.4 is 4.74 Å². The molecule has 1 aliphatic rings. The number of piperazine rings is 1. The van der Waals surface area contributed by atoms with E-state index < -0.39 is 16.0 Å². The van der Waals surface area contributed by atoms with Crippen molar-refractivity contribution in [2.45, 2.75) is 11.8 Å². The van der Waals surface area contributed by atoms with Gasteiger partial charge in [0.25, 0.3) is 0 Å². The van der Waals surface area contributed by atoms with Crippen LogP contribution in [-0.2, 0) is 10.0 Å². The predicted molar refractivity (Wildman–Crippen MR) is 104 cm³/mol. The lowest BCUT2D eigenvalue weighted by Gasteiger charge is -2.31. The van der Waals surface area contributed by atoms with E-state index in [9.17, 15) is 13.2 Å². The Morgan fingerprint density at radius 3 is 2.48 bits per heavy atom. The van der Waals surface area contributed by atoms with Gasteiger partial charge < -0.3 is 9.64 Å². The van der Waals surface area contributed by atoms with Crippen LogP contribution in [0.5, 0.6) is 5.75 Å². The Bertz CT molecular complexity index is 954. The van der Waals surface area contributed by atoms with Gasteiger partial charge in [-0.3, -0.25) is 0 Å². The lowest BCUT2D eigenvalue weighted by atomic mass is 10.2. The molecule has 0 radical (unpaired) electrons. The first-order chi connectivity index (χ1) is 12.8. The van der Waals surface area contributed by atoms with E-state index in [1.807, 2.05) is 20.0 Å². The van der Waals surface area contributed by atoms with Crippen LogP contribution in [-0.4, -0.2) is 56.8 Å². The summed E-state index contributed by atoms with van der Waals surface area (Å²) in [6.45, 7) is 4.05. The molecular formula is C19H21ClN2O4S. The van der Waals surface area contributed by atoms with E-state index in [2.05, 4.69) is 4.90 Å². The summed E-state index contributed by atoms with van der Waals surface area (Å²) < 4.78 is 32.5. The summed E-state index contributed by atoms with van der Waals surface area (Å²) in [5, 5.41) is 0.315. The third kappa shape index (κ3) is 4.50. The average Bonchev–Trinajstić information content (AvgIpc) is 2.65. The number of sulfonamides is 1. The normalized spacial score (nSPS) is 16.3. The summed E-state index contributed by atoms with van der Waals surface area (Å²) in [5.74, 6) is -0.410. The smallest absolute Gasteiger partial charge is 0.343 e. The number of ether oxygens (including phenoxy) is 1. The van der Waals surface area contributed by atoms with Crippen molar-refractivity contribution in [2.24, 2.45) is 0 Å². The van der Waals surface area contributed by atoms with Crippen LogP contribution in [0.25, 0.3) is 0 Å². The van der Waals surface area contributed by atoms with E-state index in [1.54, 1.807) is 12.1 Å². The third-order valence-corrected chi connectivity index (χ3v) is 6.67. The minimum atomic E-state index is -3.66. The minimum absolute atomic E-state index is 0.0804. The predicted octanol–water partition coefficient (Wildman–Crippen LogP) is 2.80. The molecule has 0 aromatic heterocycles. The maximum absolute atomic E-state index is 12.9. The average molecular weight is 409 g/mol. The second-order valence-corrected chi connectivity index (χ2v) is 8.90. The lowest BCUT2D eigenvalue weighted by Crippen LogP contribution is -2.47. The fourth-order valence-electron chi connectivity index (χ4n) is 2.81. The van der Waals surface area contributed by atoms with Crippen LogP contribution in [0.1, 0.15) is 15.9 Å². The number of carbonyl (C=O) groups excluding carboxylic acids is 1. The molecule has 1 saturated heterocycles. The second kappa shape index (κ2) is 7.98. The number of benzene rings is 2. The quantitative estimate of drug-likeness (QED) is 0.575. The number of hydrogen-bond acceptors (Lipinski definition) is 5. The van der Waals surface area contributed by atoms with Crippen molar-refractivity contribution in [3.63, 3.8) is 0 Å². The zero-order chi connectivity index (χ0) is 19.6. The minimum Gasteiger partial charge on any atom is -0.421 e. The summed E-state index contributed by atoms with van der Waals surface area (Å²) in [6, 6.07) is 11.0. The van der Waals surface area contributed by atoms with Crippen LogP contribution in [0.4, 0.5) is 0 Å². The van der Waals surface area contributed by atoms with Gasteiger partial charge in [0.05, 0.1) is 15.5 Å². The molecule has 3 rings (SSSR count). The number of hydrogen-bond donors (Lipinski definition) is 0. The fourth-order valence-corrected chi connectivity index (χ4v) is 4.43. The number of likely N-dealkylation sites (N-methyl/N-ethyl adjacent to an activating group) is 1. The summed E-state index contributed by atoms with van der Waals surface area (Å²) in [4.78, 5) is 14.6. The van der Waals surface area contributed by atoms with Crippen molar-refractivity contribution in [3.05, 3.63) is 58.6 Å². The molecule has 1 heterocycles. The number of nitrogens with zero attached hydrogens (tertiary/aromatic N) is 2. The highest BCUT2D eigenvalue weighted by Gasteiger charge is 2.28. The van der Waals surface area contributed by atoms with Crippen LogP contribution in [0.15, 0.2) is 47.4 Å². The fraction of sp³-hybridized carbons (Fsp3) is 0.316. The Hall–Kier alpha value is -1.93. The van der Waals surface area contributed by atoms with Gasteiger partial charge in [-0.05, 0) is 49.9 Å². The molecule has 0 spiro atoms. The van der Waals surface area contributed by atoms with Gasteiger partial charge in [0.1, 0.15) is 5.75 Å². The first-order valence-electron chi connectivity index (χ1n) is 8.54. The van der Waals surface area contributed by atoms with E-state index in [0.29, 0.717) is 31.2 Å². The molecule has 1 aliphatic heterocycles. The maximum atomic E-state index is 12.9. The number of esters is 1. The van der Waals surface area contributed by atoms with Crippen molar-refractivity contribution < 1.29 is 17.9 Å². The molecular weight excluding hydrogens is 388 g/mol. The molecule has 0 saturated carbocycles. The third-order valence-electron chi connectivity index (χ3n) is 4.46. The van der Waals surface area contributed by atoms with Crippen LogP contribution in [0.3, 0.4) is 0 Å². The summed E-state index contributed by atoms with van der Waals surface area (Å²) >= 11 is 6.06. The summed E-state index contributed by atoms with van der Waals surface area (Å²) in [7, 11) is -1.70. The Morgan fingerprint density at radius 1 is 1.07 bits per heavy atom. The highest BCUT2D eigenvalue weighted by Crippen LogP contribution is 2.26. The Balaban J connectivity index is 1.82. The largest absolute Gasteiger partial charge is 0.421 e. The standard InChI is InChI=1S/C19H21ClN2O4S/c1-14-6-7-17(20)18(12-14)26-19(23)15-4-3-5-16(13-15)27(24,25)22-10-8-21(2)9-11-22/h3-7,12-13H,8-11H2,1-2H3. The maximum Gasteiger partial charge on any atom is 0.343 e. The highest BCUT2D eigenvalue weighted by atomic mass is 35.5. The van der Waals surface area contributed by atoms with Crippen molar-refractivity contribution >= 4 is 27.6 Å². The van der Waals surface area contributed by atoms with Crippen LogP contribution >= 0.6 is 11.6 Å². The number of halogens is 1. The van der Waals surface area contributed by atoms with Gasteiger partial charge in [0.15, 0.2) is 0 Å². The molecule has 0 unspecified atom stereocenters. The second-order valence-electron chi connectivity index (χ2n) is 6.56. The first-order valence-corrected chi connectivity index (χ1v) is 10.4. The van der Waals surface area contributed by atoms with E-state index in [0.717, 1.165) is 5.56 Å². The molecule has 0 N–H and O–H groups in total. The molecule has 0 bridgehead atoms. The molecule has 1 fully saturated rings. The monoisotopic (exact) mass is 408 g/mol. The van der Waals surface area contributed by atoms with E-state index in [1.165, 1.54) is 28.6 Å². The molecule has 0 atom stereocenters. The Kier molecular flexibility index (Phi) is 5.86. The van der Waals surface area contributed by atoms with Crippen molar-refractivity contribution in [2.75, 3.05) is 33.2 Å². The summed E-state index contributed by atoms with van der Waals surface area (Å²) in [5.41, 5.74) is 1.05. The molecule has 2 aromatic rings. The molecule has 144 valence electrons. The number of aryl methyl sites for hydroxylation is 1. The van der Waals surface area contributed by atoms with Gasteiger partial charge in [0, 0.05) is 26.2 Å². The molecule has 2 aromatic carbocycles. The molecule has 6 nitrogen and oxygen atoms in total. The summed E-state index contributed by atoms with van der Waals surface area (Å²) in [6.07, 6.45) is 0. The van der Waals surface area contributed by atoms with Gasteiger partial charge in [-0.1, -0.05) is 23.7 Å². The Labute approximate surface area is 164 Å². The number of carbonyl (C=O) groups is 1. The van der Waals surface area contributed by atoms with Crippen molar-refractivity contribution in [3.8, 4) is 5.75 Å². The highest BCUT2D eigenvalue weighted by molar-refractivity contribution is 7.89. The van der Waals surface area contributed by atoms with Crippen molar-refractivity contribution in [1.82, 2.24) is 9.21 Å².